The maximum absolute atomic E-state index is 6.42. The molecule has 1 aromatic rings. The Balaban J connectivity index is 2.11. The molecule has 0 bridgehead atoms. The van der Waals surface area contributed by atoms with Gasteiger partial charge in [0.05, 0.1) is 12.1 Å². The van der Waals surface area contributed by atoms with Crippen molar-refractivity contribution in [2.24, 2.45) is 5.41 Å². The lowest BCUT2D eigenvalue weighted by Gasteiger charge is -2.37. The third kappa shape index (κ3) is 1.58. The monoisotopic (exact) mass is 251 g/mol. The molecule has 17 heavy (non-hydrogen) atoms. The van der Waals surface area contributed by atoms with E-state index in [0.717, 1.165) is 30.3 Å². The molecule has 0 unspecified atom stereocenters. The summed E-state index contributed by atoms with van der Waals surface area (Å²) in [5.74, 6) is 1.41. The molecule has 2 aliphatic rings. The van der Waals surface area contributed by atoms with E-state index < -0.39 is 0 Å². The number of rotatable bonds is 1. The standard InChI is InChI=1S/C14H18ClNO/c1-14-6-5-10-9(11(14)7-16-8-14)3-4-12(17-2)13(10)15/h3-4,11,16H,5-8H2,1-2H3/t11-,14+/m0/s1. The zero-order valence-electron chi connectivity index (χ0n) is 10.3. The summed E-state index contributed by atoms with van der Waals surface area (Å²) in [7, 11) is 1.68. The highest BCUT2D eigenvalue weighted by molar-refractivity contribution is 6.33. The van der Waals surface area contributed by atoms with Gasteiger partial charge in [-0.15, -0.1) is 0 Å². The summed E-state index contributed by atoms with van der Waals surface area (Å²) in [5.41, 5.74) is 3.14. The summed E-state index contributed by atoms with van der Waals surface area (Å²) < 4.78 is 5.30. The van der Waals surface area contributed by atoms with Gasteiger partial charge in [0.2, 0.25) is 0 Å². The van der Waals surface area contributed by atoms with Gasteiger partial charge in [-0.2, -0.15) is 0 Å². The minimum atomic E-state index is 0.408. The Morgan fingerprint density at radius 2 is 2.29 bits per heavy atom. The van der Waals surface area contributed by atoms with Gasteiger partial charge >= 0.3 is 0 Å². The van der Waals surface area contributed by atoms with Gasteiger partial charge in [-0.25, -0.2) is 0 Å². The van der Waals surface area contributed by atoms with Crippen molar-refractivity contribution < 1.29 is 4.74 Å². The fourth-order valence-corrected chi connectivity index (χ4v) is 3.73. The SMILES string of the molecule is COc1ccc2c(c1Cl)CC[C@]1(C)CNC[C@@H]21. The quantitative estimate of drug-likeness (QED) is 0.829. The van der Waals surface area contributed by atoms with Gasteiger partial charge in [0.1, 0.15) is 5.75 Å². The van der Waals surface area contributed by atoms with E-state index in [1.807, 2.05) is 6.07 Å². The number of hydrogen-bond acceptors (Lipinski definition) is 2. The van der Waals surface area contributed by atoms with Crippen molar-refractivity contribution in [3.05, 3.63) is 28.3 Å². The van der Waals surface area contributed by atoms with E-state index in [1.165, 1.54) is 17.5 Å². The van der Waals surface area contributed by atoms with Crippen molar-refractivity contribution in [2.75, 3.05) is 20.2 Å². The van der Waals surface area contributed by atoms with Crippen LogP contribution in [-0.2, 0) is 6.42 Å². The molecule has 3 rings (SSSR count). The zero-order chi connectivity index (χ0) is 12.0. The molecule has 2 atom stereocenters. The van der Waals surface area contributed by atoms with E-state index in [4.69, 9.17) is 16.3 Å². The fourth-order valence-electron chi connectivity index (χ4n) is 3.38. The molecule has 0 saturated carbocycles. The van der Waals surface area contributed by atoms with Crippen LogP contribution in [0.5, 0.6) is 5.75 Å². The molecule has 3 heteroatoms. The summed E-state index contributed by atoms with van der Waals surface area (Å²) in [6.45, 7) is 4.59. The predicted octanol–water partition coefficient (Wildman–Crippen LogP) is 2.99. The Morgan fingerprint density at radius 3 is 3.06 bits per heavy atom. The second kappa shape index (κ2) is 3.89. The van der Waals surface area contributed by atoms with Gasteiger partial charge in [-0.3, -0.25) is 0 Å². The molecule has 2 nitrogen and oxygen atoms in total. The van der Waals surface area contributed by atoms with Crippen LogP contribution in [0.1, 0.15) is 30.4 Å². The third-order valence-electron chi connectivity index (χ3n) is 4.50. The zero-order valence-corrected chi connectivity index (χ0v) is 11.1. The van der Waals surface area contributed by atoms with E-state index in [9.17, 15) is 0 Å². The van der Waals surface area contributed by atoms with Crippen LogP contribution >= 0.6 is 11.6 Å². The van der Waals surface area contributed by atoms with Gasteiger partial charge in [-0.1, -0.05) is 24.6 Å². The molecule has 1 N–H and O–H groups in total. The van der Waals surface area contributed by atoms with Crippen LogP contribution in [0, 0.1) is 5.41 Å². The maximum Gasteiger partial charge on any atom is 0.137 e. The number of ether oxygens (including phenoxy) is 1. The van der Waals surface area contributed by atoms with Crippen LogP contribution in [0.25, 0.3) is 0 Å². The van der Waals surface area contributed by atoms with Gasteiger partial charge < -0.3 is 10.1 Å². The average Bonchev–Trinajstić information content (AvgIpc) is 2.71. The van der Waals surface area contributed by atoms with E-state index in [1.54, 1.807) is 7.11 Å². The van der Waals surface area contributed by atoms with Crippen LogP contribution in [0.4, 0.5) is 0 Å². The molecule has 1 heterocycles. The molecule has 1 aliphatic carbocycles. The Hall–Kier alpha value is -0.730. The van der Waals surface area contributed by atoms with Gasteiger partial charge in [0.15, 0.2) is 0 Å². The van der Waals surface area contributed by atoms with Crippen molar-refractivity contribution in [3.8, 4) is 5.75 Å². The second-order valence-electron chi connectivity index (χ2n) is 5.49. The Morgan fingerprint density at radius 1 is 1.47 bits per heavy atom. The minimum absolute atomic E-state index is 0.408. The molecule has 1 aliphatic heterocycles. The highest BCUT2D eigenvalue weighted by atomic mass is 35.5. The first-order chi connectivity index (χ1) is 8.15. The molecule has 1 saturated heterocycles. The van der Waals surface area contributed by atoms with Crippen LogP contribution in [-0.4, -0.2) is 20.2 Å². The van der Waals surface area contributed by atoms with Crippen molar-refractivity contribution >= 4 is 11.6 Å². The minimum Gasteiger partial charge on any atom is -0.495 e. The van der Waals surface area contributed by atoms with Gasteiger partial charge in [-0.05, 0) is 35.4 Å². The molecule has 1 fully saturated rings. The predicted molar refractivity (Wildman–Crippen MR) is 70.0 cm³/mol. The van der Waals surface area contributed by atoms with Gasteiger partial charge in [0, 0.05) is 19.0 Å². The summed E-state index contributed by atoms with van der Waals surface area (Å²) in [4.78, 5) is 0. The number of nitrogens with one attached hydrogen (secondary N) is 1. The van der Waals surface area contributed by atoms with Crippen molar-refractivity contribution in [1.29, 1.82) is 0 Å². The molecule has 1 aromatic carbocycles. The number of benzene rings is 1. The van der Waals surface area contributed by atoms with Crippen LogP contribution < -0.4 is 10.1 Å². The highest BCUT2D eigenvalue weighted by Gasteiger charge is 2.43. The Bertz CT molecular complexity index is 460. The molecular weight excluding hydrogens is 234 g/mol. The van der Waals surface area contributed by atoms with Crippen LogP contribution in [0.2, 0.25) is 5.02 Å². The summed E-state index contributed by atoms with van der Waals surface area (Å²) in [6.07, 6.45) is 2.28. The number of hydrogen-bond donors (Lipinski definition) is 1. The molecule has 0 aromatic heterocycles. The number of halogens is 1. The first-order valence-corrected chi connectivity index (χ1v) is 6.59. The van der Waals surface area contributed by atoms with E-state index >= 15 is 0 Å². The van der Waals surface area contributed by atoms with Crippen molar-refractivity contribution in [2.45, 2.75) is 25.7 Å². The molecule has 0 radical (unpaired) electrons. The topological polar surface area (TPSA) is 21.3 Å². The van der Waals surface area contributed by atoms with Gasteiger partial charge in [0.25, 0.3) is 0 Å². The van der Waals surface area contributed by atoms with E-state index in [-0.39, 0.29) is 0 Å². The maximum atomic E-state index is 6.42. The lowest BCUT2D eigenvalue weighted by Crippen LogP contribution is -2.30. The van der Waals surface area contributed by atoms with Crippen LogP contribution in [0.3, 0.4) is 0 Å². The molecule has 0 amide bonds. The average molecular weight is 252 g/mol. The van der Waals surface area contributed by atoms with Crippen molar-refractivity contribution in [3.63, 3.8) is 0 Å². The number of fused-ring (bicyclic) bond motifs is 3. The Labute approximate surface area is 107 Å². The second-order valence-corrected chi connectivity index (χ2v) is 5.87. The third-order valence-corrected chi connectivity index (χ3v) is 4.92. The molecular formula is C14H18ClNO. The smallest absolute Gasteiger partial charge is 0.137 e. The van der Waals surface area contributed by atoms with E-state index in [0.29, 0.717) is 11.3 Å². The summed E-state index contributed by atoms with van der Waals surface area (Å²) in [5, 5.41) is 4.34. The first kappa shape index (κ1) is 11.4. The fraction of sp³-hybridized carbons (Fsp3) is 0.571. The molecule has 0 spiro atoms. The summed E-state index contributed by atoms with van der Waals surface area (Å²) >= 11 is 6.42. The van der Waals surface area contributed by atoms with E-state index in [2.05, 4.69) is 18.3 Å². The summed E-state index contributed by atoms with van der Waals surface area (Å²) in [6, 6.07) is 4.21. The lowest BCUT2D eigenvalue weighted by molar-refractivity contribution is 0.277. The van der Waals surface area contributed by atoms with Crippen molar-refractivity contribution in [1.82, 2.24) is 5.32 Å². The first-order valence-electron chi connectivity index (χ1n) is 6.22. The molecule has 92 valence electrons. The highest BCUT2D eigenvalue weighted by Crippen LogP contribution is 2.50. The largest absolute Gasteiger partial charge is 0.495 e. The Kier molecular flexibility index (Phi) is 2.60. The van der Waals surface area contributed by atoms with Crippen LogP contribution in [0.15, 0.2) is 12.1 Å². The number of methoxy groups -OCH3 is 1. The lowest BCUT2D eigenvalue weighted by atomic mass is 9.67. The normalized spacial score (nSPS) is 30.9.